The zero-order valence-corrected chi connectivity index (χ0v) is 15.1. The summed E-state index contributed by atoms with van der Waals surface area (Å²) in [4.78, 5) is 5.87. The maximum Gasteiger partial charge on any atom is 0.214 e. The Kier molecular flexibility index (Phi) is 4.13. The van der Waals surface area contributed by atoms with Crippen LogP contribution in [0.4, 0.5) is 5.69 Å². The van der Waals surface area contributed by atoms with E-state index in [4.69, 9.17) is 11.6 Å². The molecule has 1 aliphatic rings. The molecule has 6 heteroatoms. The quantitative estimate of drug-likeness (QED) is 0.702. The number of aromatic amines is 1. The second-order valence-corrected chi connectivity index (χ2v) is 8.56. The first-order chi connectivity index (χ1) is 12.1. The van der Waals surface area contributed by atoms with Gasteiger partial charge in [0, 0.05) is 24.2 Å². The van der Waals surface area contributed by atoms with E-state index in [0.29, 0.717) is 14.8 Å². The zero-order valence-electron chi connectivity index (χ0n) is 13.6. The van der Waals surface area contributed by atoms with Crippen LogP contribution in [0.3, 0.4) is 0 Å². The number of rotatable bonds is 3. The van der Waals surface area contributed by atoms with Crippen molar-refractivity contribution in [1.82, 2.24) is 0 Å². The molecular weight excluding hydrogens is 356 g/mol. The van der Waals surface area contributed by atoms with Crippen LogP contribution in [0.15, 0.2) is 64.5 Å². The number of fused-ring (bicyclic) bond motifs is 1. The Hall–Kier alpha value is -2.11. The summed E-state index contributed by atoms with van der Waals surface area (Å²) in [5.74, 6) is 0. The number of halogens is 1. The average Bonchev–Trinajstić information content (AvgIpc) is 3.15. The van der Waals surface area contributed by atoms with Crippen molar-refractivity contribution in [1.29, 1.82) is 0 Å². The van der Waals surface area contributed by atoms with Crippen molar-refractivity contribution in [2.24, 2.45) is 0 Å². The van der Waals surface area contributed by atoms with Crippen molar-refractivity contribution in [3.05, 3.63) is 59.8 Å². The summed E-state index contributed by atoms with van der Waals surface area (Å²) in [6.45, 7) is 1.70. The highest BCUT2D eigenvalue weighted by Crippen LogP contribution is 2.37. The summed E-state index contributed by atoms with van der Waals surface area (Å²) in [5.41, 5.74) is 1.62. The molecule has 4 nitrogen and oxygen atoms in total. The molecule has 1 fully saturated rings. The molecule has 1 aromatic heterocycles. The van der Waals surface area contributed by atoms with Gasteiger partial charge in [-0.15, -0.1) is 0 Å². The Labute approximate surface area is 152 Å². The van der Waals surface area contributed by atoms with Crippen molar-refractivity contribution in [2.75, 3.05) is 18.0 Å². The molecular formula is C19H18ClN2O2S+. The van der Waals surface area contributed by atoms with Crippen LogP contribution in [-0.2, 0) is 9.84 Å². The minimum absolute atomic E-state index is 0.297. The number of benzene rings is 2. The third kappa shape index (κ3) is 2.87. The second-order valence-electron chi connectivity index (χ2n) is 6.20. The highest BCUT2D eigenvalue weighted by atomic mass is 35.5. The monoisotopic (exact) mass is 373 g/mol. The summed E-state index contributed by atoms with van der Waals surface area (Å²) in [7, 11) is -3.63. The SMILES string of the molecule is O=S(=O)(c1ccccc1)c1c[nH+]c2ccc(Cl)cc2c1N1CCCC1. The number of nitrogens with one attached hydrogen (secondary N) is 1. The molecule has 1 aliphatic heterocycles. The van der Waals surface area contributed by atoms with Gasteiger partial charge in [0.05, 0.1) is 16.0 Å². The van der Waals surface area contributed by atoms with Crippen molar-refractivity contribution in [3.63, 3.8) is 0 Å². The summed E-state index contributed by atoms with van der Waals surface area (Å²) >= 11 is 6.20. The lowest BCUT2D eigenvalue weighted by Crippen LogP contribution is -2.23. The maximum absolute atomic E-state index is 13.3. The van der Waals surface area contributed by atoms with Crippen molar-refractivity contribution in [3.8, 4) is 0 Å². The predicted octanol–water partition coefficient (Wildman–Crippen LogP) is 3.74. The Morgan fingerprint density at radius 3 is 2.44 bits per heavy atom. The van der Waals surface area contributed by atoms with E-state index >= 15 is 0 Å². The smallest absolute Gasteiger partial charge is 0.214 e. The van der Waals surface area contributed by atoms with E-state index in [0.717, 1.165) is 42.5 Å². The number of hydrogen-bond donors (Lipinski definition) is 0. The van der Waals surface area contributed by atoms with Crippen LogP contribution in [0.5, 0.6) is 0 Å². The van der Waals surface area contributed by atoms with Crippen LogP contribution in [0.2, 0.25) is 5.02 Å². The summed E-state index contributed by atoms with van der Waals surface area (Å²) in [5, 5.41) is 1.43. The number of H-pyrrole nitrogens is 1. The molecule has 0 unspecified atom stereocenters. The van der Waals surface area contributed by atoms with Gasteiger partial charge in [0.1, 0.15) is 0 Å². The van der Waals surface area contributed by atoms with Crippen LogP contribution in [-0.4, -0.2) is 21.5 Å². The van der Waals surface area contributed by atoms with Crippen LogP contribution in [0.25, 0.3) is 10.9 Å². The van der Waals surface area contributed by atoms with Crippen LogP contribution >= 0.6 is 11.6 Å². The summed E-state index contributed by atoms with van der Waals surface area (Å²) in [6.07, 6.45) is 3.73. The zero-order chi connectivity index (χ0) is 17.4. The van der Waals surface area contributed by atoms with E-state index in [9.17, 15) is 8.42 Å². The second kappa shape index (κ2) is 6.32. The lowest BCUT2D eigenvalue weighted by atomic mass is 10.1. The molecule has 4 rings (SSSR count). The average molecular weight is 374 g/mol. The normalized spacial score (nSPS) is 15.0. The minimum atomic E-state index is -3.63. The number of aromatic nitrogens is 1. The van der Waals surface area contributed by atoms with Crippen LogP contribution in [0.1, 0.15) is 12.8 Å². The van der Waals surface area contributed by atoms with Gasteiger partial charge in [0.15, 0.2) is 11.1 Å². The van der Waals surface area contributed by atoms with E-state index in [-0.39, 0.29) is 0 Å². The lowest BCUT2D eigenvalue weighted by molar-refractivity contribution is -0.347. The fraction of sp³-hybridized carbons (Fsp3) is 0.211. The third-order valence-electron chi connectivity index (χ3n) is 4.59. The highest BCUT2D eigenvalue weighted by molar-refractivity contribution is 7.91. The van der Waals surface area contributed by atoms with Crippen LogP contribution < -0.4 is 9.88 Å². The van der Waals surface area contributed by atoms with Gasteiger partial charge in [-0.3, -0.25) is 0 Å². The largest absolute Gasteiger partial charge is 0.370 e. The standard InChI is InChI=1S/C19H17ClN2O2S/c20-14-8-9-17-16(12-14)19(22-10-4-5-11-22)18(13-21-17)25(23,24)15-6-2-1-3-7-15/h1-3,6-9,12-13H,4-5,10-11H2/p+1. The fourth-order valence-corrected chi connectivity index (χ4v) is 5.03. The molecule has 0 bridgehead atoms. The third-order valence-corrected chi connectivity index (χ3v) is 6.61. The van der Waals surface area contributed by atoms with Crippen LogP contribution in [0, 0.1) is 0 Å². The molecule has 0 spiro atoms. The first-order valence-corrected chi connectivity index (χ1v) is 10.1. The number of sulfone groups is 1. The van der Waals surface area contributed by atoms with Crippen molar-refractivity contribution < 1.29 is 13.4 Å². The Morgan fingerprint density at radius 1 is 1.00 bits per heavy atom. The van der Waals surface area contributed by atoms with Crippen molar-refractivity contribution in [2.45, 2.75) is 22.6 Å². The molecule has 128 valence electrons. The number of nitrogens with zero attached hydrogens (tertiary/aromatic N) is 1. The summed E-state index contributed by atoms with van der Waals surface area (Å²) < 4.78 is 26.5. The minimum Gasteiger partial charge on any atom is -0.370 e. The van der Waals surface area contributed by atoms with E-state index in [1.165, 1.54) is 0 Å². The Balaban J connectivity index is 2.02. The van der Waals surface area contributed by atoms with Gasteiger partial charge >= 0.3 is 0 Å². The molecule has 0 atom stereocenters. The molecule has 1 N–H and O–H groups in total. The van der Waals surface area contributed by atoms with E-state index in [2.05, 4.69) is 9.88 Å². The first kappa shape index (κ1) is 16.4. The fourth-order valence-electron chi connectivity index (χ4n) is 3.38. The predicted molar refractivity (Wildman–Crippen MR) is 98.9 cm³/mol. The topological polar surface area (TPSA) is 51.5 Å². The van der Waals surface area contributed by atoms with Gasteiger partial charge in [-0.2, -0.15) is 0 Å². The molecule has 2 heterocycles. The lowest BCUT2D eigenvalue weighted by Gasteiger charge is -2.21. The number of pyridine rings is 1. The number of hydrogen-bond acceptors (Lipinski definition) is 3. The molecule has 1 saturated heterocycles. The van der Waals surface area contributed by atoms with Gasteiger partial charge in [-0.25, -0.2) is 13.4 Å². The highest BCUT2D eigenvalue weighted by Gasteiger charge is 2.30. The molecule has 0 radical (unpaired) electrons. The van der Waals surface area contributed by atoms with Crippen molar-refractivity contribution >= 4 is 38.0 Å². The molecule has 0 aliphatic carbocycles. The van der Waals surface area contributed by atoms with Gasteiger partial charge in [0.2, 0.25) is 15.4 Å². The van der Waals surface area contributed by atoms with Gasteiger partial charge in [0.25, 0.3) is 0 Å². The Bertz CT molecular complexity index is 1030. The molecule has 0 saturated carbocycles. The Morgan fingerprint density at radius 2 is 1.72 bits per heavy atom. The van der Waals surface area contributed by atoms with E-state index in [1.807, 2.05) is 18.2 Å². The first-order valence-electron chi connectivity index (χ1n) is 8.26. The van der Waals surface area contributed by atoms with E-state index < -0.39 is 9.84 Å². The summed E-state index contributed by atoms with van der Waals surface area (Å²) in [6, 6.07) is 14.1. The van der Waals surface area contributed by atoms with E-state index in [1.54, 1.807) is 36.5 Å². The van der Waals surface area contributed by atoms with Gasteiger partial charge < -0.3 is 4.90 Å². The molecule has 25 heavy (non-hydrogen) atoms. The molecule has 2 aromatic carbocycles. The maximum atomic E-state index is 13.3. The van der Waals surface area contributed by atoms with Gasteiger partial charge in [-0.05, 0) is 37.1 Å². The molecule has 0 amide bonds. The molecule has 3 aromatic rings. The number of anilines is 1. The van der Waals surface area contributed by atoms with Gasteiger partial charge in [-0.1, -0.05) is 29.8 Å².